The molecule has 1 N–H and O–H groups in total. The van der Waals surface area contributed by atoms with Crippen molar-refractivity contribution in [2.24, 2.45) is 5.41 Å². The van der Waals surface area contributed by atoms with Crippen molar-refractivity contribution in [2.45, 2.75) is 83.9 Å². The van der Waals surface area contributed by atoms with Crippen molar-refractivity contribution in [3.05, 3.63) is 0 Å². The molecule has 1 rings (SSSR count). The van der Waals surface area contributed by atoms with Gasteiger partial charge in [0.1, 0.15) is 0 Å². The summed E-state index contributed by atoms with van der Waals surface area (Å²) in [6, 6.07) is 0.731. The van der Waals surface area contributed by atoms with E-state index in [2.05, 4.69) is 44.8 Å². The summed E-state index contributed by atoms with van der Waals surface area (Å²) in [5.41, 5.74) is 0.476. The Morgan fingerprint density at radius 2 is 1.89 bits per heavy atom. The second kappa shape index (κ2) is 8.47. The summed E-state index contributed by atoms with van der Waals surface area (Å²) in [4.78, 5) is 0. The highest BCUT2D eigenvalue weighted by Crippen LogP contribution is 2.31. The van der Waals surface area contributed by atoms with Crippen LogP contribution in [-0.2, 0) is 0 Å². The zero-order valence-electron chi connectivity index (χ0n) is 12.9. The summed E-state index contributed by atoms with van der Waals surface area (Å²) in [6.45, 7) is 10.5. The maximum absolute atomic E-state index is 3.75. The van der Waals surface area contributed by atoms with E-state index in [0.717, 1.165) is 11.3 Å². The van der Waals surface area contributed by atoms with Gasteiger partial charge in [-0.05, 0) is 44.1 Å². The molecule has 0 radical (unpaired) electrons. The smallest absolute Gasteiger partial charge is 0.0158 e. The molecule has 0 aromatic rings. The summed E-state index contributed by atoms with van der Waals surface area (Å²) in [7, 11) is 0. The maximum Gasteiger partial charge on any atom is 0.0158 e. The lowest BCUT2D eigenvalue weighted by Gasteiger charge is -2.24. The summed E-state index contributed by atoms with van der Waals surface area (Å²) in [5, 5.41) is 4.71. The number of hydrogen-bond acceptors (Lipinski definition) is 2. The molecular formula is C16H33NS. The van der Waals surface area contributed by atoms with Gasteiger partial charge in [-0.1, -0.05) is 40.5 Å². The molecule has 0 spiro atoms. The van der Waals surface area contributed by atoms with Crippen LogP contribution in [0.1, 0.15) is 72.6 Å². The molecule has 1 saturated carbocycles. The molecule has 0 bridgehead atoms. The topological polar surface area (TPSA) is 12.0 Å². The molecule has 18 heavy (non-hydrogen) atoms. The van der Waals surface area contributed by atoms with Gasteiger partial charge in [-0.25, -0.2) is 0 Å². The third-order valence-corrected chi connectivity index (χ3v) is 5.30. The predicted molar refractivity (Wildman–Crippen MR) is 85.5 cm³/mol. The monoisotopic (exact) mass is 271 g/mol. The Hall–Kier alpha value is 0.310. The Morgan fingerprint density at radius 1 is 1.22 bits per heavy atom. The van der Waals surface area contributed by atoms with Crippen molar-refractivity contribution in [3.63, 3.8) is 0 Å². The quantitative estimate of drug-likeness (QED) is 0.677. The number of rotatable bonds is 8. The highest BCUT2D eigenvalue weighted by atomic mass is 32.2. The Bertz CT molecular complexity index is 204. The first-order valence-electron chi connectivity index (χ1n) is 7.86. The van der Waals surface area contributed by atoms with Gasteiger partial charge in [0.25, 0.3) is 0 Å². The van der Waals surface area contributed by atoms with Crippen LogP contribution in [0.3, 0.4) is 0 Å². The largest absolute Gasteiger partial charge is 0.313 e. The molecule has 1 unspecified atom stereocenters. The third-order valence-electron chi connectivity index (χ3n) is 3.76. The van der Waals surface area contributed by atoms with Crippen molar-refractivity contribution >= 4 is 11.8 Å². The third kappa shape index (κ3) is 7.68. The number of thioether (sulfide) groups is 1. The molecule has 0 aromatic heterocycles. The lowest BCUT2D eigenvalue weighted by atomic mass is 9.89. The molecule has 0 aliphatic heterocycles. The van der Waals surface area contributed by atoms with E-state index < -0.39 is 0 Å². The average Bonchev–Trinajstić information content (AvgIpc) is 2.79. The first-order chi connectivity index (χ1) is 8.51. The minimum absolute atomic E-state index is 0.476. The fraction of sp³-hybridized carbons (Fsp3) is 1.00. The maximum atomic E-state index is 3.75. The SMILES string of the molecule is CCCNC(CCC(C)(C)C)CSC1CCCC1. The molecule has 1 aliphatic rings. The normalized spacial score (nSPS) is 19.3. The Morgan fingerprint density at radius 3 is 2.44 bits per heavy atom. The summed E-state index contributed by atoms with van der Waals surface area (Å²) < 4.78 is 0. The molecule has 0 heterocycles. The van der Waals surface area contributed by atoms with Gasteiger partial charge in [0.05, 0.1) is 0 Å². The lowest BCUT2D eigenvalue weighted by molar-refractivity contribution is 0.338. The predicted octanol–water partition coefficient (Wildman–Crippen LogP) is 4.86. The van der Waals surface area contributed by atoms with Crippen molar-refractivity contribution in [2.75, 3.05) is 12.3 Å². The van der Waals surface area contributed by atoms with Gasteiger partial charge in [-0.15, -0.1) is 0 Å². The molecule has 1 fully saturated rings. The zero-order valence-corrected chi connectivity index (χ0v) is 13.7. The van der Waals surface area contributed by atoms with E-state index in [0.29, 0.717) is 5.41 Å². The second-order valence-electron chi connectivity index (χ2n) is 6.99. The van der Waals surface area contributed by atoms with Crippen LogP contribution in [0.25, 0.3) is 0 Å². The van der Waals surface area contributed by atoms with Gasteiger partial charge < -0.3 is 5.32 Å². The first kappa shape index (κ1) is 16.4. The first-order valence-corrected chi connectivity index (χ1v) is 8.91. The fourth-order valence-electron chi connectivity index (χ4n) is 2.51. The van der Waals surface area contributed by atoms with E-state index in [9.17, 15) is 0 Å². The molecule has 108 valence electrons. The van der Waals surface area contributed by atoms with Crippen molar-refractivity contribution in [1.82, 2.24) is 5.32 Å². The highest BCUT2D eigenvalue weighted by Gasteiger charge is 2.19. The Kier molecular flexibility index (Phi) is 7.70. The van der Waals surface area contributed by atoms with Gasteiger partial charge in [0, 0.05) is 17.0 Å². The summed E-state index contributed by atoms with van der Waals surface area (Å²) in [5.74, 6) is 1.32. The van der Waals surface area contributed by atoms with E-state index in [4.69, 9.17) is 0 Å². The van der Waals surface area contributed by atoms with Crippen LogP contribution >= 0.6 is 11.8 Å². The van der Waals surface area contributed by atoms with Crippen LogP contribution in [0.4, 0.5) is 0 Å². The minimum Gasteiger partial charge on any atom is -0.313 e. The zero-order chi connectivity index (χ0) is 13.4. The number of nitrogens with one attached hydrogen (secondary N) is 1. The molecule has 1 nitrogen and oxygen atoms in total. The fourth-order valence-corrected chi connectivity index (χ4v) is 3.96. The Balaban J connectivity index is 2.24. The van der Waals surface area contributed by atoms with Gasteiger partial charge in [-0.2, -0.15) is 11.8 Å². The van der Waals surface area contributed by atoms with Crippen LogP contribution in [0.5, 0.6) is 0 Å². The van der Waals surface area contributed by atoms with E-state index >= 15 is 0 Å². The molecule has 2 heteroatoms. The molecule has 0 amide bonds. The molecular weight excluding hydrogens is 238 g/mol. The summed E-state index contributed by atoms with van der Waals surface area (Å²) in [6.07, 6.45) is 9.78. The van der Waals surface area contributed by atoms with Crippen molar-refractivity contribution < 1.29 is 0 Å². The van der Waals surface area contributed by atoms with Crippen LogP contribution in [0.15, 0.2) is 0 Å². The lowest BCUT2D eigenvalue weighted by Crippen LogP contribution is -2.33. The van der Waals surface area contributed by atoms with E-state index in [1.807, 2.05) is 0 Å². The molecule has 1 atom stereocenters. The summed E-state index contributed by atoms with van der Waals surface area (Å²) >= 11 is 2.23. The van der Waals surface area contributed by atoms with Gasteiger partial charge >= 0.3 is 0 Å². The van der Waals surface area contributed by atoms with Crippen LogP contribution in [-0.4, -0.2) is 23.6 Å². The van der Waals surface area contributed by atoms with Crippen molar-refractivity contribution in [3.8, 4) is 0 Å². The second-order valence-corrected chi connectivity index (χ2v) is 8.32. The van der Waals surface area contributed by atoms with Crippen LogP contribution in [0.2, 0.25) is 0 Å². The van der Waals surface area contributed by atoms with E-state index in [1.54, 1.807) is 0 Å². The molecule has 0 aromatic carbocycles. The van der Waals surface area contributed by atoms with Gasteiger partial charge in [0.2, 0.25) is 0 Å². The Labute approximate surface area is 119 Å². The van der Waals surface area contributed by atoms with E-state index in [-0.39, 0.29) is 0 Å². The average molecular weight is 272 g/mol. The molecule has 0 saturated heterocycles. The van der Waals surface area contributed by atoms with E-state index in [1.165, 1.54) is 57.2 Å². The highest BCUT2D eigenvalue weighted by molar-refractivity contribution is 7.99. The van der Waals surface area contributed by atoms with Gasteiger partial charge in [0.15, 0.2) is 0 Å². The standard InChI is InChI=1S/C16H33NS/c1-5-12-17-14(10-11-16(2,3)4)13-18-15-8-6-7-9-15/h14-15,17H,5-13H2,1-4H3. The minimum atomic E-state index is 0.476. The van der Waals surface area contributed by atoms with Gasteiger partial charge in [-0.3, -0.25) is 0 Å². The van der Waals surface area contributed by atoms with Crippen LogP contribution < -0.4 is 5.32 Å². The van der Waals surface area contributed by atoms with Crippen molar-refractivity contribution in [1.29, 1.82) is 0 Å². The van der Waals surface area contributed by atoms with Crippen LogP contribution in [0, 0.1) is 5.41 Å². The number of hydrogen-bond donors (Lipinski definition) is 1. The molecule has 1 aliphatic carbocycles.